The molecular formula is C26H35N. The SMILES string of the molecule is CC(C)CCCCCN(CC=Cc1ccccc1)CC=Cc1ccccc1. The summed E-state index contributed by atoms with van der Waals surface area (Å²) in [5.41, 5.74) is 2.54. The molecule has 2 aromatic rings. The van der Waals surface area contributed by atoms with E-state index >= 15 is 0 Å². The van der Waals surface area contributed by atoms with Crippen LogP contribution in [0.1, 0.15) is 50.7 Å². The van der Waals surface area contributed by atoms with E-state index in [0.29, 0.717) is 0 Å². The van der Waals surface area contributed by atoms with Gasteiger partial charge in [0.15, 0.2) is 0 Å². The van der Waals surface area contributed by atoms with Crippen molar-refractivity contribution in [2.75, 3.05) is 19.6 Å². The van der Waals surface area contributed by atoms with Gasteiger partial charge in [-0.15, -0.1) is 0 Å². The molecule has 2 rings (SSSR count). The molecule has 1 nitrogen and oxygen atoms in total. The van der Waals surface area contributed by atoms with Crippen LogP contribution >= 0.6 is 0 Å². The average molecular weight is 362 g/mol. The van der Waals surface area contributed by atoms with E-state index in [1.807, 2.05) is 0 Å². The fraction of sp³-hybridized carbons (Fsp3) is 0.385. The standard InChI is InChI=1S/C26H35N/c1-24(2)14-6-5-11-21-27(22-12-19-25-15-7-3-8-16-25)23-13-20-26-17-9-4-10-18-26/h3-4,7-10,12-13,15-20,24H,5-6,11,14,21-23H2,1-2H3. The fourth-order valence-electron chi connectivity index (χ4n) is 3.13. The van der Waals surface area contributed by atoms with E-state index in [2.05, 4.69) is 104 Å². The Morgan fingerprint density at radius 1 is 0.704 bits per heavy atom. The third kappa shape index (κ3) is 9.96. The summed E-state index contributed by atoms with van der Waals surface area (Å²) < 4.78 is 0. The van der Waals surface area contributed by atoms with Crippen molar-refractivity contribution in [1.82, 2.24) is 4.90 Å². The lowest BCUT2D eigenvalue weighted by Gasteiger charge is -2.19. The van der Waals surface area contributed by atoms with E-state index in [-0.39, 0.29) is 0 Å². The van der Waals surface area contributed by atoms with E-state index in [1.54, 1.807) is 0 Å². The Morgan fingerprint density at radius 3 is 1.70 bits per heavy atom. The summed E-state index contributed by atoms with van der Waals surface area (Å²) in [5, 5.41) is 0. The molecular weight excluding hydrogens is 326 g/mol. The number of unbranched alkanes of at least 4 members (excludes halogenated alkanes) is 2. The Bertz CT molecular complexity index is 604. The number of benzene rings is 2. The molecule has 1 heteroatoms. The van der Waals surface area contributed by atoms with Crippen LogP contribution in [0.25, 0.3) is 12.2 Å². The maximum absolute atomic E-state index is 2.54. The molecule has 0 aliphatic carbocycles. The number of hydrogen-bond acceptors (Lipinski definition) is 1. The van der Waals surface area contributed by atoms with Crippen molar-refractivity contribution >= 4 is 12.2 Å². The minimum absolute atomic E-state index is 0.823. The third-order valence-electron chi connectivity index (χ3n) is 4.70. The number of hydrogen-bond donors (Lipinski definition) is 0. The zero-order valence-corrected chi connectivity index (χ0v) is 17.1. The molecule has 0 spiro atoms. The molecule has 0 aliphatic heterocycles. The van der Waals surface area contributed by atoms with Gasteiger partial charge < -0.3 is 0 Å². The normalized spacial score (nSPS) is 12.0. The molecule has 0 N–H and O–H groups in total. The van der Waals surface area contributed by atoms with Gasteiger partial charge in [-0.25, -0.2) is 0 Å². The molecule has 0 aliphatic rings. The summed E-state index contributed by atoms with van der Waals surface area (Å²) in [5.74, 6) is 0.823. The van der Waals surface area contributed by atoms with Crippen LogP contribution < -0.4 is 0 Å². The van der Waals surface area contributed by atoms with Crippen molar-refractivity contribution < 1.29 is 0 Å². The highest BCUT2D eigenvalue weighted by molar-refractivity contribution is 5.49. The minimum Gasteiger partial charge on any atom is -0.296 e. The summed E-state index contributed by atoms with van der Waals surface area (Å²) in [7, 11) is 0. The van der Waals surface area contributed by atoms with E-state index in [4.69, 9.17) is 0 Å². The van der Waals surface area contributed by atoms with Crippen molar-refractivity contribution in [1.29, 1.82) is 0 Å². The first-order chi connectivity index (χ1) is 13.2. The van der Waals surface area contributed by atoms with Crippen LogP contribution in [0.2, 0.25) is 0 Å². The Labute approximate surface area is 166 Å². The Morgan fingerprint density at radius 2 is 1.22 bits per heavy atom. The Hall–Kier alpha value is -2.12. The third-order valence-corrected chi connectivity index (χ3v) is 4.70. The van der Waals surface area contributed by atoms with E-state index < -0.39 is 0 Å². The minimum atomic E-state index is 0.823. The number of nitrogens with zero attached hydrogens (tertiary/aromatic N) is 1. The monoisotopic (exact) mass is 361 g/mol. The summed E-state index contributed by atoms with van der Waals surface area (Å²) in [4.78, 5) is 2.54. The summed E-state index contributed by atoms with van der Waals surface area (Å²) in [6, 6.07) is 21.1. The van der Waals surface area contributed by atoms with Gasteiger partial charge in [-0.05, 0) is 30.0 Å². The van der Waals surface area contributed by atoms with Gasteiger partial charge in [-0.3, -0.25) is 4.90 Å². The van der Waals surface area contributed by atoms with Crippen molar-refractivity contribution in [2.45, 2.75) is 39.5 Å². The van der Waals surface area contributed by atoms with E-state index in [9.17, 15) is 0 Å². The zero-order chi connectivity index (χ0) is 19.2. The Balaban J connectivity index is 1.83. The summed E-state index contributed by atoms with van der Waals surface area (Å²) >= 11 is 0. The summed E-state index contributed by atoms with van der Waals surface area (Å²) in [6.07, 6.45) is 14.4. The highest BCUT2D eigenvalue weighted by Gasteiger charge is 2.02. The molecule has 0 radical (unpaired) electrons. The first kappa shape index (κ1) is 21.2. The smallest absolute Gasteiger partial charge is 0.0169 e. The first-order valence-electron chi connectivity index (χ1n) is 10.4. The van der Waals surface area contributed by atoms with Crippen LogP contribution in [-0.2, 0) is 0 Å². The van der Waals surface area contributed by atoms with Crippen molar-refractivity contribution in [3.05, 3.63) is 83.9 Å². The lowest BCUT2D eigenvalue weighted by atomic mass is 10.1. The van der Waals surface area contributed by atoms with E-state index in [0.717, 1.165) is 25.6 Å². The van der Waals surface area contributed by atoms with Crippen LogP contribution in [0.15, 0.2) is 72.8 Å². The predicted molar refractivity (Wildman–Crippen MR) is 121 cm³/mol. The second-order valence-corrected chi connectivity index (χ2v) is 7.63. The zero-order valence-electron chi connectivity index (χ0n) is 17.1. The molecule has 0 bridgehead atoms. The van der Waals surface area contributed by atoms with Gasteiger partial charge in [0, 0.05) is 13.1 Å². The molecule has 144 valence electrons. The highest BCUT2D eigenvalue weighted by atomic mass is 15.1. The molecule has 0 unspecified atom stereocenters. The van der Waals surface area contributed by atoms with Gasteiger partial charge >= 0.3 is 0 Å². The number of rotatable bonds is 12. The average Bonchev–Trinajstić information content (AvgIpc) is 2.68. The van der Waals surface area contributed by atoms with Gasteiger partial charge in [-0.1, -0.05) is 118 Å². The van der Waals surface area contributed by atoms with Crippen LogP contribution in [0.5, 0.6) is 0 Å². The van der Waals surface area contributed by atoms with Gasteiger partial charge in [0.1, 0.15) is 0 Å². The predicted octanol–water partition coefficient (Wildman–Crippen LogP) is 6.93. The van der Waals surface area contributed by atoms with Gasteiger partial charge in [0.2, 0.25) is 0 Å². The molecule has 0 saturated heterocycles. The van der Waals surface area contributed by atoms with Crippen LogP contribution in [0.4, 0.5) is 0 Å². The van der Waals surface area contributed by atoms with Crippen molar-refractivity contribution in [2.24, 2.45) is 5.92 Å². The lowest BCUT2D eigenvalue weighted by Crippen LogP contribution is -2.25. The molecule has 0 aromatic heterocycles. The molecule has 0 fully saturated rings. The quantitative estimate of drug-likeness (QED) is 0.370. The van der Waals surface area contributed by atoms with Crippen LogP contribution in [-0.4, -0.2) is 24.5 Å². The first-order valence-corrected chi connectivity index (χ1v) is 10.4. The molecule has 0 heterocycles. The lowest BCUT2D eigenvalue weighted by molar-refractivity contribution is 0.323. The van der Waals surface area contributed by atoms with Gasteiger partial charge in [0.25, 0.3) is 0 Å². The second kappa shape index (κ2) is 13.1. The molecule has 0 atom stereocenters. The summed E-state index contributed by atoms with van der Waals surface area (Å²) in [6.45, 7) is 7.79. The van der Waals surface area contributed by atoms with Crippen LogP contribution in [0, 0.1) is 5.92 Å². The second-order valence-electron chi connectivity index (χ2n) is 7.63. The molecule has 2 aromatic carbocycles. The van der Waals surface area contributed by atoms with Gasteiger partial charge in [-0.2, -0.15) is 0 Å². The van der Waals surface area contributed by atoms with Gasteiger partial charge in [0.05, 0.1) is 0 Å². The molecule has 0 amide bonds. The van der Waals surface area contributed by atoms with Crippen molar-refractivity contribution in [3.8, 4) is 0 Å². The maximum Gasteiger partial charge on any atom is 0.0169 e. The van der Waals surface area contributed by atoms with Crippen LogP contribution in [0.3, 0.4) is 0 Å². The highest BCUT2D eigenvalue weighted by Crippen LogP contribution is 2.09. The molecule has 0 saturated carbocycles. The Kier molecular flexibility index (Phi) is 10.3. The maximum atomic E-state index is 2.54. The van der Waals surface area contributed by atoms with E-state index in [1.165, 1.54) is 36.8 Å². The fourth-order valence-corrected chi connectivity index (χ4v) is 3.13. The topological polar surface area (TPSA) is 3.24 Å². The van der Waals surface area contributed by atoms with Crippen molar-refractivity contribution in [3.63, 3.8) is 0 Å². The largest absolute Gasteiger partial charge is 0.296 e. The molecule has 27 heavy (non-hydrogen) atoms.